The van der Waals surface area contributed by atoms with Crippen molar-refractivity contribution in [3.05, 3.63) is 59.4 Å². The molecule has 0 saturated carbocycles. The highest BCUT2D eigenvalue weighted by atomic mass is 35.5. The maximum Gasteiger partial charge on any atom is 0.255 e. The number of tetrazole rings is 1. The third-order valence-corrected chi connectivity index (χ3v) is 4.79. The molecule has 1 amide bonds. The Morgan fingerprint density at radius 3 is 2.71 bits per heavy atom. The van der Waals surface area contributed by atoms with Gasteiger partial charge in [-0.3, -0.25) is 4.79 Å². The van der Waals surface area contributed by atoms with Crippen molar-refractivity contribution in [2.75, 3.05) is 25.6 Å². The topological polar surface area (TPSA) is 85.2 Å². The molecule has 0 aliphatic carbocycles. The Morgan fingerprint density at radius 1 is 1.32 bits per heavy atom. The van der Waals surface area contributed by atoms with E-state index in [0.717, 1.165) is 5.69 Å². The molecule has 0 saturated heterocycles. The smallest absolute Gasteiger partial charge is 0.255 e. The fraction of sp³-hybridized carbons (Fsp3) is 0.263. The lowest BCUT2D eigenvalue weighted by Gasteiger charge is -2.27. The van der Waals surface area contributed by atoms with Crippen molar-refractivity contribution in [3.63, 3.8) is 0 Å². The number of para-hydroxylation sites is 1. The molecule has 1 N–H and O–H groups in total. The van der Waals surface area contributed by atoms with Crippen LogP contribution in [0.4, 0.5) is 5.69 Å². The number of hydrogen-bond donors (Lipinski definition) is 1. The number of likely N-dealkylation sites (N-methyl/N-ethyl adjacent to an activating group) is 1. The first-order valence-electron chi connectivity index (χ1n) is 8.68. The van der Waals surface area contributed by atoms with Gasteiger partial charge < -0.3 is 15.0 Å². The van der Waals surface area contributed by atoms with E-state index in [2.05, 4.69) is 25.7 Å². The second-order valence-electron chi connectivity index (χ2n) is 6.26. The molecule has 9 heteroatoms. The zero-order valence-electron chi connectivity index (χ0n) is 15.8. The number of amides is 1. The van der Waals surface area contributed by atoms with Gasteiger partial charge in [0.15, 0.2) is 0 Å². The summed E-state index contributed by atoms with van der Waals surface area (Å²) in [5.74, 6) is 0.117. The molecule has 0 bridgehead atoms. The molecule has 1 aromatic heterocycles. The zero-order chi connectivity index (χ0) is 20.1. The number of carbonyl (C=O) groups is 1. The number of hydrogen-bond acceptors (Lipinski definition) is 6. The number of halogens is 1. The molecule has 0 fully saturated rings. The number of rotatable bonds is 7. The molecular formula is C19H21ClN6O2. The van der Waals surface area contributed by atoms with E-state index in [-0.39, 0.29) is 11.9 Å². The first kappa shape index (κ1) is 19.6. The summed E-state index contributed by atoms with van der Waals surface area (Å²) in [6.07, 6.45) is 1.42. The molecule has 28 heavy (non-hydrogen) atoms. The summed E-state index contributed by atoms with van der Waals surface area (Å²) in [4.78, 5) is 14.8. The average Bonchev–Trinajstić information content (AvgIpc) is 3.26. The highest BCUT2D eigenvalue weighted by Gasteiger charge is 2.19. The van der Waals surface area contributed by atoms with Crippen LogP contribution in [0.1, 0.15) is 17.3 Å². The van der Waals surface area contributed by atoms with E-state index in [4.69, 9.17) is 16.3 Å². The third-order valence-electron chi connectivity index (χ3n) is 4.49. The standard InChI is InChI=1S/C19H21ClN6O2/c1-13(25(2)14-7-5-4-6-8-14)11-21-19(27)15-9-16(20)17(10-18(15)28-3)26-12-22-23-24-26/h4-10,12-13H,11H2,1-3H3,(H,21,27)/t13-/m0/s1. The minimum Gasteiger partial charge on any atom is -0.496 e. The van der Waals surface area contributed by atoms with E-state index in [0.29, 0.717) is 28.6 Å². The van der Waals surface area contributed by atoms with Crippen LogP contribution >= 0.6 is 11.6 Å². The molecule has 1 atom stereocenters. The minimum atomic E-state index is -0.268. The summed E-state index contributed by atoms with van der Waals surface area (Å²) in [7, 11) is 3.49. The van der Waals surface area contributed by atoms with Crippen LogP contribution in [0.2, 0.25) is 5.02 Å². The first-order chi connectivity index (χ1) is 13.5. The van der Waals surface area contributed by atoms with E-state index in [9.17, 15) is 4.79 Å². The Balaban J connectivity index is 1.73. The number of nitrogens with one attached hydrogen (secondary N) is 1. The van der Waals surface area contributed by atoms with Crippen molar-refractivity contribution < 1.29 is 9.53 Å². The summed E-state index contributed by atoms with van der Waals surface area (Å²) >= 11 is 6.33. The molecule has 0 aliphatic rings. The number of benzene rings is 2. The molecular weight excluding hydrogens is 380 g/mol. The average molecular weight is 401 g/mol. The Bertz CT molecular complexity index is 933. The van der Waals surface area contributed by atoms with Crippen molar-refractivity contribution in [1.82, 2.24) is 25.5 Å². The highest BCUT2D eigenvalue weighted by Crippen LogP contribution is 2.29. The van der Waals surface area contributed by atoms with Crippen LogP contribution in [0.5, 0.6) is 5.75 Å². The summed E-state index contributed by atoms with van der Waals surface area (Å²) in [6.45, 7) is 2.50. The first-order valence-corrected chi connectivity index (χ1v) is 9.06. The van der Waals surface area contributed by atoms with E-state index in [1.54, 1.807) is 12.1 Å². The van der Waals surface area contributed by atoms with Gasteiger partial charge in [0.25, 0.3) is 5.91 Å². The van der Waals surface area contributed by atoms with Crippen LogP contribution in [0.15, 0.2) is 48.8 Å². The Kier molecular flexibility index (Phi) is 6.10. The summed E-state index contributed by atoms with van der Waals surface area (Å²) in [5, 5.41) is 14.3. The van der Waals surface area contributed by atoms with Crippen molar-refractivity contribution >= 4 is 23.2 Å². The molecule has 8 nitrogen and oxygen atoms in total. The van der Waals surface area contributed by atoms with Crippen molar-refractivity contribution in [2.45, 2.75) is 13.0 Å². The predicted octanol–water partition coefficient (Wildman–Crippen LogP) is 2.58. The van der Waals surface area contributed by atoms with E-state index in [1.165, 1.54) is 18.1 Å². The third kappa shape index (κ3) is 4.23. The largest absolute Gasteiger partial charge is 0.496 e. The SMILES string of the molecule is COc1cc(-n2cnnn2)c(Cl)cc1C(=O)NC[C@H](C)N(C)c1ccccc1. The molecule has 1 heterocycles. The normalized spacial score (nSPS) is 11.7. The Labute approximate surface area is 168 Å². The maximum atomic E-state index is 12.7. The van der Waals surface area contributed by atoms with E-state index >= 15 is 0 Å². The van der Waals surface area contributed by atoms with Gasteiger partial charge >= 0.3 is 0 Å². The van der Waals surface area contributed by atoms with Gasteiger partial charge in [-0.2, -0.15) is 4.68 Å². The molecule has 0 spiro atoms. The van der Waals surface area contributed by atoms with Gasteiger partial charge in [-0.05, 0) is 35.5 Å². The molecule has 3 aromatic rings. The van der Waals surface area contributed by atoms with Gasteiger partial charge in [-0.25, -0.2) is 0 Å². The number of carbonyl (C=O) groups excluding carboxylic acids is 1. The van der Waals surface area contributed by atoms with Crippen LogP contribution in [0.25, 0.3) is 5.69 Å². The zero-order valence-corrected chi connectivity index (χ0v) is 16.6. The van der Waals surface area contributed by atoms with Gasteiger partial charge in [0.2, 0.25) is 0 Å². The van der Waals surface area contributed by atoms with Crippen molar-refractivity contribution in [1.29, 1.82) is 0 Å². The fourth-order valence-electron chi connectivity index (χ4n) is 2.73. The molecule has 0 unspecified atom stereocenters. The van der Waals surface area contributed by atoms with Gasteiger partial charge in [-0.1, -0.05) is 29.8 Å². The van der Waals surface area contributed by atoms with Crippen LogP contribution in [-0.4, -0.2) is 52.9 Å². The molecule has 2 aromatic carbocycles. The van der Waals surface area contributed by atoms with Gasteiger partial charge in [-0.15, -0.1) is 5.10 Å². The molecule has 3 rings (SSSR count). The number of methoxy groups -OCH3 is 1. The van der Waals surface area contributed by atoms with Crippen LogP contribution in [0.3, 0.4) is 0 Å². The van der Waals surface area contributed by atoms with E-state index in [1.807, 2.05) is 44.3 Å². The van der Waals surface area contributed by atoms with Crippen LogP contribution in [0, 0.1) is 0 Å². The number of anilines is 1. The van der Waals surface area contributed by atoms with Crippen LogP contribution in [-0.2, 0) is 0 Å². The predicted molar refractivity (Wildman–Crippen MR) is 107 cm³/mol. The van der Waals surface area contributed by atoms with Crippen molar-refractivity contribution in [3.8, 4) is 11.4 Å². The molecule has 0 aliphatic heterocycles. The highest BCUT2D eigenvalue weighted by molar-refractivity contribution is 6.33. The second kappa shape index (κ2) is 8.71. The lowest BCUT2D eigenvalue weighted by molar-refractivity contribution is 0.0948. The lowest BCUT2D eigenvalue weighted by atomic mass is 10.1. The maximum absolute atomic E-state index is 12.7. The Morgan fingerprint density at radius 2 is 2.07 bits per heavy atom. The summed E-state index contributed by atoms with van der Waals surface area (Å²) in [5.41, 5.74) is 1.95. The van der Waals surface area contributed by atoms with E-state index < -0.39 is 0 Å². The van der Waals surface area contributed by atoms with Gasteiger partial charge in [0.05, 0.1) is 23.4 Å². The van der Waals surface area contributed by atoms with Crippen LogP contribution < -0.4 is 15.0 Å². The number of ether oxygens (including phenoxy) is 1. The lowest BCUT2D eigenvalue weighted by Crippen LogP contribution is -2.40. The van der Waals surface area contributed by atoms with Crippen molar-refractivity contribution in [2.24, 2.45) is 0 Å². The Hall–Kier alpha value is -3.13. The second-order valence-corrected chi connectivity index (χ2v) is 6.67. The number of nitrogens with zero attached hydrogens (tertiary/aromatic N) is 5. The summed E-state index contributed by atoms with van der Waals surface area (Å²) < 4.78 is 6.78. The van der Waals surface area contributed by atoms with Gasteiger partial charge in [0, 0.05) is 31.4 Å². The number of aromatic nitrogens is 4. The molecule has 0 radical (unpaired) electrons. The monoisotopic (exact) mass is 400 g/mol. The molecule has 146 valence electrons. The summed E-state index contributed by atoms with van der Waals surface area (Å²) in [6, 6.07) is 13.3. The fourth-order valence-corrected chi connectivity index (χ4v) is 2.98. The van der Waals surface area contributed by atoms with Gasteiger partial charge in [0.1, 0.15) is 12.1 Å². The minimum absolute atomic E-state index is 0.0910. The quantitative estimate of drug-likeness (QED) is 0.656.